The number of alkyl halides is 3. The van der Waals surface area contributed by atoms with Crippen molar-refractivity contribution in [3.05, 3.63) is 0 Å². The molecule has 0 heterocycles. The number of rotatable bonds is 6. The van der Waals surface area contributed by atoms with E-state index >= 15 is 0 Å². The van der Waals surface area contributed by atoms with Crippen molar-refractivity contribution in [2.24, 2.45) is 0 Å². The first-order chi connectivity index (χ1) is 7.72. The molecule has 9 heteroatoms. The Morgan fingerprint density at radius 2 is 1.59 bits per heavy atom. The highest BCUT2D eigenvalue weighted by Crippen LogP contribution is 2.24. The van der Waals surface area contributed by atoms with E-state index in [0.29, 0.717) is 12.8 Å². The van der Waals surface area contributed by atoms with Crippen molar-refractivity contribution >= 4 is 10.1 Å². The Labute approximate surface area is 98.3 Å². The normalized spacial score (nSPS) is 11.9. The molecular formula is C8H17F3O5S. The molecule has 0 unspecified atom stereocenters. The average molecular weight is 282 g/mol. The molecule has 0 fully saturated rings. The molecule has 0 atom stereocenters. The van der Waals surface area contributed by atoms with Gasteiger partial charge in [0.25, 0.3) is 0 Å². The van der Waals surface area contributed by atoms with Crippen LogP contribution in [0.25, 0.3) is 0 Å². The van der Waals surface area contributed by atoms with E-state index in [1.54, 1.807) is 6.92 Å². The summed E-state index contributed by atoms with van der Waals surface area (Å²) in [6.45, 7) is 1.48. The fourth-order valence-corrected chi connectivity index (χ4v) is 0.921. The summed E-state index contributed by atoms with van der Waals surface area (Å²) in [4.78, 5) is 0. The van der Waals surface area contributed by atoms with Crippen LogP contribution in [0.15, 0.2) is 0 Å². The number of hydrogen-bond donors (Lipinski definition) is 2. The SMILES string of the molecule is CCCCOS(=O)(=O)C(F)(F)F.OCCCO. The fraction of sp³-hybridized carbons (Fsp3) is 1.00. The van der Waals surface area contributed by atoms with Gasteiger partial charge in [-0.15, -0.1) is 0 Å². The average Bonchev–Trinajstić information content (AvgIpc) is 2.18. The molecule has 0 amide bonds. The van der Waals surface area contributed by atoms with Gasteiger partial charge in [-0.1, -0.05) is 13.3 Å². The van der Waals surface area contributed by atoms with E-state index < -0.39 is 22.2 Å². The first kappa shape index (κ1) is 19.0. The molecule has 0 aromatic carbocycles. The van der Waals surface area contributed by atoms with Gasteiger partial charge in [0.2, 0.25) is 0 Å². The first-order valence-corrected chi connectivity index (χ1v) is 6.31. The van der Waals surface area contributed by atoms with Crippen LogP contribution < -0.4 is 0 Å². The lowest BCUT2D eigenvalue weighted by Crippen LogP contribution is -2.25. The van der Waals surface area contributed by atoms with Gasteiger partial charge in [0.15, 0.2) is 0 Å². The van der Waals surface area contributed by atoms with Crippen LogP contribution >= 0.6 is 0 Å². The summed E-state index contributed by atoms with van der Waals surface area (Å²) >= 11 is 0. The zero-order chi connectivity index (χ0) is 13.9. The third kappa shape index (κ3) is 10.5. The number of aliphatic hydroxyl groups excluding tert-OH is 2. The lowest BCUT2D eigenvalue weighted by atomic mass is 10.4. The van der Waals surface area contributed by atoms with Gasteiger partial charge in [-0.05, 0) is 12.8 Å². The van der Waals surface area contributed by atoms with Gasteiger partial charge in [0.1, 0.15) is 0 Å². The summed E-state index contributed by atoms with van der Waals surface area (Å²) in [6.07, 6.45) is 1.36. The maximum absolute atomic E-state index is 11.5. The Balaban J connectivity index is 0. The van der Waals surface area contributed by atoms with E-state index in [2.05, 4.69) is 4.18 Å². The van der Waals surface area contributed by atoms with E-state index in [9.17, 15) is 21.6 Å². The Morgan fingerprint density at radius 3 is 1.82 bits per heavy atom. The van der Waals surface area contributed by atoms with E-state index in [1.165, 1.54) is 0 Å². The maximum atomic E-state index is 11.5. The molecule has 0 aliphatic heterocycles. The zero-order valence-electron chi connectivity index (χ0n) is 9.40. The predicted molar refractivity (Wildman–Crippen MR) is 54.6 cm³/mol. The second-order valence-corrected chi connectivity index (χ2v) is 4.48. The number of unbranched alkanes of at least 4 members (excludes halogenated alkanes) is 1. The van der Waals surface area contributed by atoms with Crippen LogP contribution in [0.3, 0.4) is 0 Å². The van der Waals surface area contributed by atoms with Crippen LogP contribution in [0.5, 0.6) is 0 Å². The van der Waals surface area contributed by atoms with Crippen LogP contribution in [0.1, 0.15) is 26.2 Å². The van der Waals surface area contributed by atoms with E-state index in [-0.39, 0.29) is 19.6 Å². The molecule has 0 saturated heterocycles. The van der Waals surface area contributed by atoms with Crippen molar-refractivity contribution in [3.63, 3.8) is 0 Å². The fourth-order valence-electron chi connectivity index (χ4n) is 0.450. The van der Waals surface area contributed by atoms with Crippen molar-refractivity contribution in [2.45, 2.75) is 31.7 Å². The van der Waals surface area contributed by atoms with Crippen molar-refractivity contribution in [1.29, 1.82) is 0 Å². The highest BCUT2D eigenvalue weighted by Gasteiger charge is 2.47. The molecule has 0 aromatic rings. The van der Waals surface area contributed by atoms with Gasteiger partial charge in [0.05, 0.1) is 6.61 Å². The maximum Gasteiger partial charge on any atom is 0.523 e. The molecule has 0 radical (unpaired) electrons. The standard InChI is InChI=1S/C5H9F3O3S.C3H8O2/c1-2-3-4-11-12(9,10)5(6,7)8;4-2-1-3-5/h2-4H2,1H3;4-5H,1-3H2. The molecule has 0 aliphatic carbocycles. The molecule has 0 spiro atoms. The highest BCUT2D eigenvalue weighted by atomic mass is 32.2. The monoisotopic (exact) mass is 282 g/mol. The molecule has 0 bridgehead atoms. The smallest absolute Gasteiger partial charge is 0.396 e. The highest BCUT2D eigenvalue weighted by molar-refractivity contribution is 7.87. The Hall–Kier alpha value is -0.380. The van der Waals surface area contributed by atoms with Crippen molar-refractivity contribution in [2.75, 3.05) is 19.8 Å². The Morgan fingerprint density at radius 1 is 1.12 bits per heavy atom. The molecule has 5 nitrogen and oxygen atoms in total. The summed E-state index contributed by atoms with van der Waals surface area (Å²) < 4.78 is 58.7. The molecule has 0 rings (SSSR count). The Kier molecular flexibility index (Phi) is 10.7. The minimum atomic E-state index is -5.37. The minimum Gasteiger partial charge on any atom is -0.396 e. The van der Waals surface area contributed by atoms with Gasteiger partial charge in [-0.2, -0.15) is 21.6 Å². The topological polar surface area (TPSA) is 83.8 Å². The summed E-state index contributed by atoms with van der Waals surface area (Å²) in [7, 11) is -5.37. The van der Waals surface area contributed by atoms with Gasteiger partial charge >= 0.3 is 15.6 Å². The van der Waals surface area contributed by atoms with E-state index in [0.717, 1.165) is 0 Å². The summed E-state index contributed by atoms with van der Waals surface area (Å²) in [5.41, 5.74) is -5.30. The summed E-state index contributed by atoms with van der Waals surface area (Å²) in [6, 6.07) is 0. The van der Waals surface area contributed by atoms with Crippen LogP contribution in [-0.4, -0.2) is 44.0 Å². The van der Waals surface area contributed by atoms with Crippen molar-refractivity contribution in [1.82, 2.24) is 0 Å². The molecule has 0 aliphatic rings. The van der Waals surface area contributed by atoms with Crippen LogP contribution in [0.2, 0.25) is 0 Å². The van der Waals surface area contributed by atoms with E-state index in [1.807, 2.05) is 0 Å². The molecule has 2 N–H and O–H groups in total. The second-order valence-electron chi connectivity index (χ2n) is 2.88. The lowest BCUT2D eigenvalue weighted by Gasteiger charge is -2.06. The predicted octanol–water partition coefficient (Wildman–Crippen LogP) is 1.01. The van der Waals surface area contributed by atoms with Gasteiger partial charge < -0.3 is 10.2 Å². The minimum absolute atomic E-state index is 0.0938. The quantitative estimate of drug-likeness (QED) is 0.431. The lowest BCUT2D eigenvalue weighted by molar-refractivity contribution is -0.0542. The first-order valence-electron chi connectivity index (χ1n) is 4.90. The molecule has 0 aromatic heterocycles. The van der Waals surface area contributed by atoms with Gasteiger partial charge in [-0.3, -0.25) is 4.18 Å². The zero-order valence-corrected chi connectivity index (χ0v) is 10.2. The van der Waals surface area contributed by atoms with Crippen molar-refractivity contribution < 1.29 is 36.0 Å². The largest absolute Gasteiger partial charge is 0.523 e. The van der Waals surface area contributed by atoms with Gasteiger partial charge in [-0.25, -0.2) is 0 Å². The van der Waals surface area contributed by atoms with Crippen LogP contribution in [0, 0.1) is 0 Å². The van der Waals surface area contributed by atoms with Crippen LogP contribution in [-0.2, 0) is 14.3 Å². The van der Waals surface area contributed by atoms with Crippen molar-refractivity contribution in [3.8, 4) is 0 Å². The Bertz CT molecular complexity index is 261. The number of aliphatic hydroxyl groups is 2. The summed E-state index contributed by atoms with van der Waals surface area (Å²) in [5, 5.41) is 15.8. The molecule has 0 saturated carbocycles. The third-order valence-electron chi connectivity index (χ3n) is 1.34. The van der Waals surface area contributed by atoms with E-state index in [4.69, 9.17) is 10.2 Å². The summed E-state index contributed by atoms with van der Waals surface area (Å²) in [5.74, 6) is 0. The molecule has 106 valence electrons. The number of hydrogen-bond acceptors (Lipinski definition) is 5. The van der Waals surface area contributed by atoms with Gasteiger partial charge in [0, 0.05) is 13.2 Å². The van der Waals surface area contributed by atoms with Crippen LogP contribution in [0.4, 0.5) is 13.2 Å². The molecule has 17 heavy (non-hydrogen) atoms. The number of halogens is 3. The molecular weight excluding hydrogens is 265 g/mol. The second kappa shape index (κ2) is 9.63. The third-order valence-corrected chi connectivity index (χ3v) is 2.38.